The minimum absolute atomic E-state index is 0.660. The van der Waals surface area contributed by atoms with Crippen molar-refractivity contribution in [2.75, 3.05) is 5.32 Å². The summed E-state index contributed by atoms with van der Waals surface area (Å²) in [6, 6.07) is 12.1. The summed E-state index contributed by atoms with van der Waals surface area (Å²) < 4.78 is 3.18. The zero-order valence-electron chi connectivity index (χ0n) is 12.0. The van der Waals surface area contributed by atoms with Gasteiger partial charge in [-0.25, -0.2) is 9.97 Å². The van der Waals surface area contributed by atoms with Crippen LogP contribution in [0.15, 0.2) is 47.1 Å². The van der Waals surface area contributed by atoms with E-state index in [0.717, 1.165) is 32.8 Å². The molecule has 0 aliphatic rings. The van der Waals surface area contributed by atoms with Crippen LogP contribution >= 0.6 is 15.9 Å². The fraction of sp³-hybridized carbons (Fsp3) is 0.125. The van der Waals surface area contributed by atoms with Crippen LogP contribution in [0, 0.1) is 6.92 Å². The predicted molar refractivity (Wildman–Crippen MR) is 91.0 cm³/mol. The molecule has 0 aliphatic carbocycles. The smallest absolute Gasteiger partial charge is 0.201 e. The van der Waals surface area contributed by atoms with E-state index in [1.54, 1.807) is 0 Å². The first-order valence-electron chi connectivity index (χ1n) is 7.02. The molecule has 110 valence electrons. The number of aromatic nitrogens is 4. The van der Waals surface area contributed by atoms with Crippen LogP contribution in [0.25, 0.3) is 16.7 Å². The normalized spacial score (nSPS) is 11.4. The second-order valence-electron chi connectivity index (χ2n) is 5.21. The van der Waals surface area contributed by atoms with Gasteiger partial charge in [-0.1, -0.05) is 22.0 Å². The molecule has 0 saturated heterocycles. The van der Waals surface area contributed by atoms with Gasteiger partial charge in [0.05, 0.1) is 29.5 Å². The highest BCUT2D eigenvalue weighted by molar-refractivity contribution is 9.10. The number of pyridine rings is 1. The van der Waals surface area contributed by atoms with Crippen LogP contribution in [0.4, 0.5) is 5.95 Å². The highest BCUT2D eigenvalue weighted by Crippen LogP contribution is 2.20. The van der Waals surface area contributed by atoms with E-state index in [4.69, 9.17) is 0 Å². The number of aromatic amines is 1. The molecule has 0 bridgehead atoms. The highest BCUT2D eigenvalue weighted by Gasteiger charge is 2.07. The molecule has 0 fully saturated rings. The van der Waals surface area contributed by atoms with Crippen molar-refractivity contribution in [2.24, 2.45) is 0 Å². The highest BCUT2D eigenvalue weighted by atomic mass is 79.9. The number of H-pyrrole nitrogens is 1. The summed E-state index contributed by atoms with van der Waals surface area (Å²) in [7, 11) is 0. The van der Waals surface area contributed by atoms with Gasteiger partial charge < -0.3 is 10.3 Å². The minimum Gasteiger partial charge on any atom is -0.350 e. The number of nitrogens with one attached hydrogen (secondary N) is 2. The quantitative estimate of drug-likeness (QED) is 0.586. The molecule has 6 heteroatoms. The maximum Gasteiger partial charge on any atom is 0.201 e. The Hall–Kier alpha value is -2.34. The molecule has 4 aromatic rings. The van der Waals surface area contributed by atoms with Crippen LogP contribution in [0.3, 0.4) is 0 Å². The van der Waals surface area contributed by atoms with Crippen molar-refractivity contribution < 1.29 is 0 Å². The average Bonchev–Trinajstić information content (AvgIpc) is 3.09. The second kappa shape index (κ2) is 5.14. The number of imidazole rings is 2. The molecule has 0 amide bonds. The van der Waals surface area contributed by atoms with Crippen molar-refractivity contribution in [1.29, 1.82) is 0 Å². The summed E-state index contributed by atoms with van der Waals surface area (Å²) >= 11 is 3.47. The number of rotatable bonds is 3. The second-order valence-corrected chi connectivity index (χ2v) is 6.13. The zero-order valence-corrected chi connectivity index (χ0v) is 13.6. The van der Waals surface area contributed by atoms with Gasteiger partial charge in [0, 0.05) is 10.2 Å². The Kier molecular flexibility index (Phi) is 3.11. The lowest BCUT2D eigenvalue weighted by atomic mass is 10.3. The van der Waals surface area contributed by atoms with Crippen LogP contribution in [-0.4, -0.2) is 19.4 Å². The molecular formula is C16H14BrN5. The van der Waals surface area contributed by atoms with Gasteiger partial charge in [-0.2, -0.15) is 0 Å². The number of fused-ring (bicyclic) bond motifs is 2. The summed E-state index contributed by atoms with van der Waals surface area (Å²) in [6.45, 7) is 2.74. The molecule has 0 radical (unpaired) electrons. The van der Waals surface area contributed by atoms with Gasteiger partial charge in [-0.05, 0) is 37.3 Å². The maximum atomic E-state index is 4.54. The Morgan fingerprint density at radius 2 is 2.18 bits per heavy atom. The topological polar surface area (TPSA) is 58.0 Å². The van der Waals surface area contributed by atoms with E-state index < -0.39 is 0 Å². The Labute approximate surface area is 135 Å². The monoisotopic (exact) mass is 355 g/mol. The van der Waals surface area contributed by atoms with Gasteiger partial charge >= 0.3 is 0 Å². The number of anilines is 1. The molecule has 0 aliphatic heterocycles. The lowest BCUT2D eigenvalue weighted by molar-refractivity contribution is 0.957. The predicted octanol–water partition coefficient (Wildman–Crippen LogP) is 3.89. The van der Waals surface area contributed by atoms with Crippen LogP contribution in [0.5, 0.6) is 0 Å². The molecule has 0 saturated carbocycles. The molecule has 0 unspecified atom stereocenters. The molecule has 5 nitrogen and oxygen atoms in total. The fourth-order valence-corrected chi connectivity index (χ4v) is 3.00. The number of aryl methyl sites for hydroxylation is 1. The van der Waals surface area contributed by atoms with E-state index in [2.05, 4.69) is 53.6 Å². The van der Waals surface area contributed by atoms with Crippen LogP contribution in [-0.2, 0) is 6.54 Å². The van der Waals surface area contributed by atoms with Crippen molar-refractivity contribution in [3.63, 3.8) is 0 Å². The standard InChI is InChI=1S/C16H14BrN5/c1-10-3-2-4-15-18-8-12(22(10)15)9-19-16-20-13-6-5-11(17)7-14(13)21-16/h2-8H,9H2,1H3,(H2,19,20,21). The van der Waals surface area contributed by atoms with Crippen LogP contribution in [0.2, 0.25) is 0 Å². The summed E-state index contributed by atoms with van der Waals surface area (Å²) in [5, 5.41) is 3.33. The molecule has 2 N–H and O–H groups in total. The Morgan fingerprint density at radius 1 is 1.27 bits per heavy atom. The van der Waals surface area contributed by atoms with Crippen LogP contribution < -0.4 is 5.32 Å². The lowest BCUT2D eigenvalue weighted by Gasteiger charge is -2.05. The summed E-state index contributed by atoms with van der Waals surface area (Å²) in [6.07, 6.45) is 1.90. The number of hydrogen-bond acceptors (Lipinski definition) is 3. The zero-order chi connectivity index (χ0) is 15.1. The van der Waals surface area contributed by atoms with E-state index in [1.807, 2.05) is 36.5 Å². The number of halogens is 1. The maximum absolute atomic E-state index is 4.54. The third-order valence-electron chi connectivity index (χ3n) is 3.68. The first-order chi connectivity index (χ1) is 10.7. The number of nitrogens with zero attached hydrogens (tertiary/aromatic N) is 3. The van der Waals surface area contributed by atoms with E-state index in [0.29, 0.717) is 6.54 Å². The van der Waals surface area contributed by atoms with Gasteiger partial charge in [-0.3, -0.25) is 4.40 Å². The molecule has 1 aromatic carbocycles. The van der Waals surface area contributed by atoms with Gasteiger partial charge in [0.15, 0.2) is 0 Å². The molecule has 0 spiro atoms. The van der Waals surface area contributed by atoms with Crippen molar-refractivity contribution in [3.8, 4) is 0 Å². The molecular weight excluding hydrogens is 342 g/mol. The van der Waals surface area contributed by atoms with Crippen LogP contribution in [0.1, 0.15) is 11.4 Å². The van der Waals surface area contributed by atoms with Crippen molar-refractivity contribution in [1.82, 2.24) is 19.4 Å². The van der Waals surface area contributed by atoms with Gasteiger partial charge in [-0.15, -0.1) is 0 Å². The van der Waals surface area contributed by atoms with Crippen molar-refractivity contribution in [3.05, 3.63) is 58.5 Å². The largest absolute Gasteiger partial charge is 0.350 e. The lowest BCUT2D eigenvalue weighted by Crippen LogP contribution is -2.05. The molecule has 0 atom stereocenters. The van der Waals surface area contributed by atoms with Gasteiger partial charge in [0.2, 0.25) is 5.95 Å². The minimum atomic E-state index is 0.660. The number of benzene rings is 1. The Morgan fingerprint density at radius 3 is 3.09 bits per heavy atom. The average molecular weight is 356 g/mol. The van der Waals surface area contributed by atoms with E-state index in [1.165, 1.54) is 5.69 Å². The summed E-state index contributed by atoms with van der Waals surface area (Å²) in [4.78, 5) is 12.3. The van der Waals surface area contributed by atoms with Crippen molar-refractivity contribution >= 4 is 38.6 Å². The Bertz CT molecular complexity index is 969. The van der Waals surface area contributed by atoms with Gasteiger partial charge in [0.25, 0.3) is 0 Å². The summed E-state index contributed by atoms with van der Waals surface area (Å²) in [5.74, 6) is 0.761. The van der Waals surface area contributed by atoms with E-state index in [9.17, 15) is 0 Å². The van der Waals surface area contributed by atoms with E-state index >= 15 is 0 Å². The SMILES string of the molecule is Cc1cccc2ncc(CNc3nc4ccc(Br)cc4[nH]3)n12. The first-order valence-corrected chi connectivity index (χ1v) is 7.81. The van der Waals surface area contributed by atoms with E-state index in [-0.39, 0.29) is 0 Å². The third-order valence-corrected chi connectivity index (χ3v) is 4.17. The van der Waals surface area contributed by atoms with Crippen molar-refractivity contribution in [2.45, 2.75) is 13.5 Å². The third kappa shape index (κ3) is 2.25. The first kappa shape index (κ1) is 13.3. The Balaban J connectivity index is 1.62. The summed E-state index contributed by atoms with van der Waals surface area (Å²) in [5.41, 5.74) is 5.19. The molecule has 3 aromatic heterocycles. The number of hydrogen-bond donors (Lipinski definition) is 2. The van der Waals surface area contributed by atoms with Gasteiger partial charge in [0.1, 0.15) is 5.65 Å². The molecule has 4 rings (SSSR count). The molecule has 22 heavy (non-hydrogen) atoms. The molecule has 3 heterocycles. The fourth-order valence-electron chi connectivity index (χ4n) is 2.64.